The standard InChI is InChI=1S/C21H24N2/c1-2-15-11-12-17-19(14-15)23-13-7-6-10-18(22)21(23)20(17)16-8-4-3-5-9-16/h2,6-7,11-12,14,16,22H,1,3-5,8-10,13H2. The third-order valence-corrected chi connectivity index (χ3v) is 5.44. The van der Waals surface area contributed by atoms with Gasteiger partial charge in [0.05, 0.1) is 11.4 Å². The van der Waals surface area contributed by atoms with E-state index in [-0.39, 0.29) is 0 Å². The van der Waals surface area contributed by atoms with Crippen molar-refractivity contribution in [3.8, 4) is 0 Å². The van der Waals surface area contributed by atoms with E-state index in [2.05, 4.69) is 41.5 Å². The predicted molar refractivity (Wildman–Crippen MR) is 98.4 cm³/mol. The molecule has 2 nitrogen and oxygen atoms in total. The van der Waals surface area contributed by atoms with E-state index in [0.717, 1.165) is 24.2 Å². The molecule has 0 unspecified atom stereocenters. The van der Waals surface area contributed by atoms with Gasteiger partial charge in [-0.15, -0.1) is 0 Å². The Labute approximate surface area is 138 Å². The molecule has 1 aromatic heterocycles. The molecule has 1 aliphatic carbocycles. The Morgan fingerprint density at radius 1 is 1.13 bits per heavy atom. The van der Waals surface area contributed by atoms with Gasteiger partial charge in [0.2, 0.25) is 0 Å². The van der Waals surface area contributed by atoms with Crippen molar-refractivity contribution >= 4 is 22.7 Å². The number of benzene rings is 1. The fourth-order valence-corrected chi connectivity index (χ4v) is 4.32. The second-order valence-corrected chi connectivity index (χ2v) is 6.84. The van der Waals surface area contributed by atoms with E-state index in [4.69, 9.17) is 5.41 Å². The summed E-state index contributed by atoms with van der Waals surface area (Å²) in [6.45, 7) is 4.79. The molecule has 2 heterocycles. The number of fused-ring (bicyclic) bond motifs is 3. The zero-order valence-corrected chi connectivity index (χ0v) is 13.6. The lowest BCUT2D eigenvalue weighted by Crippen LogP contribution is -2.12. The lowest BCUT2D eigenvalue weighted by Gasteiger charge is -2.23. The van der Waals surface area contributed by atoms with E-state index in [9.17, 15) is 0 Å². The van der Waals surface area contributed by atoms with Crippen molar-refractivity contribution in [3.63, 3.8) is 0 Å². The second-order valence-electron chi connectivity index (χ2n) is 6.84. The minimum atomic E-state index is 0.621. The van der Waals surface area contributed by atoms with Gasteiger partial charge in [0, 0.05) is 23.9 Å². The van der Waals surface area contributed by atoms with Crippen LogP contribution in [0.5, 0.6) is 0 Å². The van der Waals surface area contributed by atoms with E-state index in [1.807, 2.05) is 6.08 Å². The lowest BCUT2D eigenvalue weighted by atomic mass is 9.82. The molecule has 0 radical (unpaired) electrons. The topological polar surface area (TPSA) is 28.8 Å². The largest absolute Gasteiger partial charge is 0.335 e. The average Bonchev–Trinajstić information content (AvgIpc) is 2.80. The van der Waals surface area contributed by atoms with Gasteiger partial charge in [-0.05, 0) is 36.0 Å². The Balaban J connectivity index is 2.00. The molecule has 0 amide bonds. The number of rotatable bonds is 2. The van der Waals surface area contributed by atoms with Gasteiger partial charge in [-0.2, -0.15) is 0 Å². The molecule has 1 aliphatic heterocycles. The van der Waals surface area contributed by atoms with Crippen LogP contribution in [-0.4, -0.2) is 10.3 Å². The summed E-state index contributed by atoms with van der Waals surface area (Å²) in [7, 11) is 0. The Hall–Kier alpha value is -2.09. The lowest BCUT2D eigenvalue weighted by molar-refractivity contribution is 0.444. The van der Waals surface area contributed by atoms with Crippen molar-refractivity contribution in [1.29, 1.82) is 5.41 Å². The maximum Gasteiger partial charge on any atom is 0.0670 e. The van der Waals surface area contributed by atoms with Gasteiger partial charge in [-0.25, -0.2) is 0 Å². The van der Waals surface area contributed by atoms with Crippen LogP contribution in [0.4, 0.5) is 0 Å². The summed E-state index contributed by atoms with van der Waals surface area (Å²) in [5, 5.41) is 9.97. The summed E-state index contributed by atoms with van der Waals surface area (Å²) in [5.74, 6) is 0.621. The number of allylic oxidation sites excluding steroid dienone is 2. The molecule has 0 spiro atoms. The quantitative estimate of drug-likeness (QED) is 0.694. The highest BCUT2D eigenvalue weighted by atomic mass is 15.0. The highest BCUT2D eigenvalue weighted by molar-refractivity contribution is 6.05. The van der Waals surface area contributed by atoms with Gasteiger partial charge < -0.3 is 9.98 Å². The van der Waals surface area contributed by atoms with Crippen molar-refractivity contribution in [2.75, 3.05) is 0 Å². The van der Waals surface area contributed by atoms with Crippen LogP contribution in [0.15, 0.2) is 36.9 Å². The number of aromatic nitrogens is 1. The SMILES string of the molecule is C=Cc1ccc2c(C3CCCCC3)c3n(c2c1)CC=CCC3=N. The molecule has 2 heteroatoms. The van der Waals surface area contributed by atoms with Gasteiger partial charge >= 0.3 is 0 Å². The maximum absolute atomic E-state index is 8.61. The molecule has 118 valence electrons. The molecule has 1 N–H and O–H groups in total. The van der Waals surface area contributed by atoms with Crippen LogP contribution in [-0.2, 0) is 6.54 Å². The number of nitrogens with one attached hydrogen (secondary N) is 1. The Bertz CT molecular complexity index is 801. The predicted octanol–water partition coefficient (Wildman–Crippen LogP) is 5.66. The van der Waals surface area contributed by atoms with Gasteiger partial charge in [-0.3, -0.25) is 0 Å². The summed E-state index contributed by atoms with van der Waals surface area (Å²) in [6.07, 6.45) is 13.6. The summed E-state index contributed by atoms with van der Waals surface area (Å²) in [6, 6.07) is 6.67. The molecule has 2 aromatic rings. The van der Waals surface area contributed by atoms with E-state index in [1.54, 1.807) is 0 Å². The van der Waals surface area contributed by atoms with Gasteiger partial charge in [0.1, 0.15) is 0 Å². The Morgan fingerprint density at radius 3 is 2.74 bits per heavy atom. The first-order valence-electron chi connectivity index (χ1n) is 8.81. The van der Waals surface area contributed by atoms with E-state index < -0.39 is 0 Å². The maximum atomic E-state index is 8.61. The molecular formula is C21H24N2. The van der Waals surface area contributed by atoms with Crippen LogP contribution < -0.4 is 0 Å². The van der Waals surface area contributed by atoms with Gasteiger partial charge in [-0.1, -0.05) is 56.2 Å². The van der Waals surface area contributed by atoms with Gasteiger partial charge in [0.25, 0.3) is 0 Å². The molecule has 1 fully saturated rings. The number of hydrogen-bond acceptors (Lipinski definition) is 1. The summed E-state index contributed by atoms with van der Waals surface area (Å²) in [4.78, 5) is 0. The van der Waals surface area contributed by atoms with Crippen LogP contribution in [0.3, 0.4) is 0 Å². The molecule has 1 saturated carbocycles. The van der Waals surface area contributed by atoms with Gasteiger partial charge in [0.15, 0.2) is 0 Å². The van der Waals surface area contributed by atoms with Crippen molar-refractivity contribution in [3.05, 3.63) is 53.8 Å². The monoisotopic (exact) mass is 304 g/mol. The van der Waals surface area contributed by atoms with Crippen LogP contribution >= 0.6 is 0 Å². The van der Waals surface area contributed by atoms with E-state index >= 15 is 0 Å². The summed E-state index contributed by atoms with van der Waals surface area (Å²) >= 11 is 0. The van der Waals surface area contributed by atoms with Crippen LogP contribution in [0.25, 0.3) is 17.0 Å². The summed E-state index contributed by atoms with van der Waals surface area (Å²) in [5.41, 5.74) is 5.85. The molecule has 0 bridgehead atoms. The summed E-state index contributed by atoms with van der Waals surface area (Å²) < 4.78 is 2.36. The van der Waals surface area contributed by atoms with Crippen LogP contribution in [0.2, 0.25) is 0 Å². The second kappa shape index (κ2) is 5.84. The molecule has 0 saturated heterocycles. The zero-order chi connectivity index (χ0) is 15.8. The third kappa shape index (κ3) is 2.37. The molecule has 4 rings (SSSR count). The first-order chi connectivity index (χ1) is 11.3. The fraction of sp³-hybridized carbons (Fsp3) is 0.381. The number of nitrogens with zero attached hydrogens (tertiary/aromatic N) is 1. The Morgan fingerprint density at radius 2 is 1.96 bits per heavy atom. The first kappa shape index (κ1) is 14.5. The minimum Gasteiger partial charge on any atom is -0.335 e. The zero-order valence-electron chi connectivity index (χ0n) is 13.6. The highest BCUT2D eigenvalue weighted by Crippen LogP contribution is 2.41. The third-order valence-electron chi connectivity index (χ3n) is 5.44. The smallest absolute Gasteiger partial charge is 0.0670 e. The molecule has 1 aromatic carbocycles. The van der Waals surface area contributed by atoms with Crippen LogP contribution in [0.1, 0.15) is 61.3 Å². The normalized spacial score (nSPS) is 18.9. The first-order valence-corrected chi connectivity index (χ1v) is 8.81. The van der Waals surface area contributed by atoms with Crippen molar-refractivity contribution in [2.45, 2.75) is 51.0 Å². The molecular weight excluding hydrogens is 280 g/mol. The molecule has 0 atom stereocenters. The Kier molecular flexibility index (Phi) is 3.68. The fourth-order valence-electron chi connectivity index (χ4n) is 4.32. The number of hydrogen-bond donors (Lipinski definition) is 1. The minimum absolute atomic E-state index is 0.621. The van der Waals surface area contributed by atoms with Crippen molar-refractivity contribution in [2.24, 2.45) is 0 Å². The molecule has 2 aliphatic rings. The van der Waals surface area contributed by atoms with Crippen molar-refractivity contribution < 1.29 is 0 Å². The van der Waals surface area contributed by atoms with E-state index in [0.29, 0.717) is 5.92 Å². The highest BCUT2D eigenvalue weighted by Gasteiger charge is 2.27. The van der Waals surface area contributed by atoms with E-state index in [1.165, 1.54) is 54.3 Å². The average molecular weight is 304 g/mol. The van der Waals surface area contributed by atoms with Crippen LogP contribution in [0, 0.1) is 5.41 Å². The van der Waals surface area contributed by atoms with Crippen molar-refractivity contribution in [1.82, 2.24) is 4.57 Å². The molecule has 23 heavy (non-hydrogen) atoms.